The van der Waals surface area contributed by atoms with Gasteiger partial charge in [0.1, 0.15) is 6.54 Å². The molecule has 9 heteroatoms. The fourth-order valence-corrected chi connectivity index (χ4v) is 1.88. The molecule has 0 saturated heterocycles. The summed E-state index contributed by atoms with van der Waals surface area (Å²) in [5.74, 6) is -1.80. The number of nitrogens with one attached hydrogen (secondary N) is 2. The lowest BCUT2D eigenvalue weighted by molar-refractivity contribution is -0.143. The van der Waals surface area contributed by atoms with E-state index < -0.39 is 18.6 Å². The van der Waals surface area contributed by atoms with Crippen LogP contribution in [0.4, 0.5) is 4.79 Å². The Labute approximate surface area is 151 Å². The van der Waals surface area contributed by atoms with Crippen LogP contribution in [0.25, 0.3) is 0 Å². The Balaban J connectivity index is 2.07. The van der Waals surface area contributed by atoms with E-state index in [1.165, 1.54) is 7.05 Å². The maximum absolute atomic E-state index is 11.6. The molecule has 1 rings (SSSR count). The Morgan fingerprint density at radius 2 is 1.73 bits per heavy atom. The minimum absolute atomic E-state index is 0.0952. The van der Waals surface area contributed by atoms with Gasteiger partial charge in [0.25, 0.3) is 0 Å². The van der Waals surface area contributed by atoms with Crippen molar-refractivity contribution < 1.29 is 29.0 Å². The van der Waals surface area contributed by atoms with Gasteiger partial charge >= 0.3 is 18.0 Å². The highest BCUT2D eigenvalue weighted by molar-refractivity contribution is 5.93. The lowest BCUT2D eigenvalue weighted by Gasteiger charge is -2.17. The molecule has 1 amide bonds. The second-order valence-corrected chi connectivity index (χ2v) is 5.45. The molecule has 0 aliphatic heterocycles. The van der Waals surface area contributed by atoms with Gasteiger partial charge in [-0.15, -0.1) is 0 Å². The van der Waals surface area contributed by atoms with Crippen LogP contribution in [0.1, 0.15) is 18.4 Å². The van der Waals surface area contributed by atoms with E-state index in [4.69, 9.17) is 20.0 Å². The van der Waals surface area contributed by atoms with Crippen LogP contribution in [0, 0.1) is 5.41 Å². The smallest absolute Gasteiger partial charge is 0.413 e. The van der Waals surface area contributed by atoms with Crippen LogP contribution in [0.2, 0.25) is 0 Å². The molecular weight excluding hydrogens is 342 g/mol. The van der Waals surface area contributed by atoms with Crippen LogP contribution in [0.15, 0.2) is 30.3 Å². The number of aliphatic carboxylic acids is 1. The predicted molar refractivity (Wildman–Crippen MR) is 92.8 cm³/mol. The normalized spacial score (nSPS) is 9.88. The first-order valence-corrected chi connectivity index (χ1v) is 8.03. The van der Waals surface area contributed by atoms with Gasteiger partial charge in [-0.2, -0.15) is 0 Å². The molecule has 0 aliphatic rings. The van der Waals surface area contributed by atoms with Crippen molar-refractivity contribution in [3.8, 4) is 0 Å². The van der Waals surface area contributed by atoms with Crippen LogP contribution in [-0.4, -0.2) is 60.8 Å². The molecule has 3 N–H and O–H groups in total. The number of guanidine groups is 1. The molecule has 142 valence electrons. The molecule has 0 radical (unpaired) electrons. The van der Waals surface area contributed by atoms with Crippen LogP contribution >= 0.6 is 0 Å². The number of carboxylic acids is 1. The lowest BCUT2D eigenvalue weighted by atomic mass is 10.2. The highest BCUT2D eigenvalue weighted by Gasteiger charge is 2.12. The zero-order valence-corrected chi connectivity index (χ0v) is 14.6. The number of esters is 1. The third kappa shape index (κ3) is 9.26. The van der Waals surface area contributed by atoms with E-state index >= 15 is 0 Å². The number of hydrogen-bond donors (Lipinski definition) is 3. The molecule has 0 aromatic heterocycles. The summed E-state index contributed by atoms with van der Waals surface area (Å²) >= 11 is 0. The van der Waals surface area contributed by atoms with Gasteiger partial charge in [-0.3, -0.25) is 20.3 Å². The third-order valence-electron chi connectivity index (χ3n) is 3.20. The minimum Gasteiger partial charge on any atom is -0.480 e. The lowest BCUT2D eigenvalue weighted by Crippen LogP contribution is -2.43. The largest absolute Gasteiger partial charge is 0.480 e. The number of unbranched alkanes of at least 4 members (excludes halogenated alkanes) is 1. The van der Waals surface area contributed by atoms with E-state index in [9.17, 15) is 14.4 Å². The van der Waals surface area contributed by atoms with E-state index in [0.717, 1.165) is 10.5 Å². The number of amides is 1. The van der Waals surface area contributed by atoms with Crippen molar-refractivity contribution in [3.63, 3.8) is 0 Å². The summed E-state index contributed by atoms with van der Waals surface area (Å²) in [4.78, 5) is 34.6. The fraction of sp³-hybridized carbons (Fsp3) is 0.412. The zero-order chi connectivity index (χ0) is 19.4. The van der Waals surface area contributed by atoms with Gasteiger partial charge < -0.3 is 19.5 Å². The fourth-order valence-electron chi connectivity index (χ4n) is 1.88. The summed E-state index contributed by atoms with van der Waals surface area (Å²) in [7, 11) is 1.36. The summed E-state index contributed by atoms with van der Waals surface area (Å²) in [5.41, 5.74) is 0.882. The van der Waals surface area contributed by atoms with E-state index in [0.29, 0.717) is 12.8 Å². The SMILES string of the molecule is CN(CC(=O)O)C(=N)NC(=O)OCCCCOC(=O)Cc1ccccc1. The number of alkyl carbamates (subject to hydrolysis) is 1. The van der Waals surface area contributed by atoms with Crippen LogP contribution < -0.4 is 5.32 Å². The summed E-state index contributed by atoms with van der Waals surface area (Å²) in [5, 5.41) is 18.2. The van der Waals surface area contributed by atoms with Gasteiger partial charge in [-0.25, -0.2) is 4.79 Å². The van der Waals surface area contributed by atoms with Crippen molar-refractivity contribution >= 4 is 24.0 Å². The first-order chi connectivity index (χ1) is 12.4. The van der Waals surface area contributed by atoms with Crippen molar-refractivity contribution in [2.24, 2.45) is 0 Å². The molecule has 9 nitrogen and oxygen atoms in total. The van der Waals surface area contributed by atoms with Crippen molar-refractivity contribution in [2.75, 3.05) is 26.8 Å². The standard InChI is InChI=1S/C17H23N3O6/c1-20(12-14(21)22)16(18)19-17(24)26-10-6-5-9-25-15(23)11-13-7-3-2-4-8-13/h2-4,7-8H,5-6,9-12H2,1H3,(H,21,22)(H2,18,19,24). The summed E-state index contributed by atoms with van der Waals surface area (Å²) in [6.45, 7) is -0.0841. The van der Waals surface area contributed by atoms with Crippen LogP contribution in [0.5, 0.6) is 0 Å². The molecule has 1 aromatic carbocycles. The second-order valence-electron chi connectivity index (χ2n) is 5.45. The maximum atomic E-state index is 11.6. The van der Waals surface area contributed by atoms with E-state index in [-0.39, 0.29) is 31.6 Å². The molecule has 1 aromatic rings. The van der Waals surface area contributed by atoms with Crippen LogP contribution in [-0.2, 0) is 25.5 Å². The van der Waals surface area contributed by atoms with Gasteiger partial charge in [0.15, 0.2) is 0 Å². The summed E-state index contributed by atoms with van der Waals surface area (Å²) in [6, 6.07) is 9.27. The number of carboxylic acid groups (broad SMARTS) is 1. The number of hydrogen-bond acceptors (Lipinski definition) is 6. The van der Waals surface area contributed by atoms with Crippen molar-refractivity contribution in [1.29, 1.82) is 5.41 Å². The molecule has 0 spiro atoms. The minimum atomic E-state index is -1.12. The van der Waals surface area contributed by atoms with E-state index in [1.54, 1.807) is 0 Å². The first-order valence-electron chi connectivity index (χ1n) is 8.03. The van der Waals surface area contributed by atoms with Gasteiger partial charge in [0.05, 0.1) is 19.6 Å². The molecule has 0 aliphatic carbocycles. The number of carbonyl (C=O) groups is 3. The van der Waals surface area contributed by atoms with Gasteiger partial charge in [0.2, 0.25) is 5.96 Å². The number of ether oxygens (including phenoxy) is 2. The molecule has 0 unspecified atom stereocenters. The Kier molecular flexibility index (Phi) is 9.23. The number of carbonyl (C=O) groups excluding carboxylic acids is 2. The van der Waals surface area contributed by atoms with E-state index in [2.05, 4.69) is 5.32 Å². The number of nitrogens with zero attached hydrogens (tertiary/aromatic N) is 1. The molecule has 0 atom stereocenters. The predicted octanol–water partition coefficient (Wildman–Crippen LogP) is 1.23. The topological polar surface area (TPSA) is 129 Å². The Hall–Kier alpha value is -3.10. The molecule has 0 heterocycles. The Bertz CT molecular complexity index is 620. The maximum Gasteiger partial charge on any atom is 0.413 e. The molecule has 0 bridgehead atoms. The average molecular weight is 365 g/mol. The average Bonchev–Trinajstić information content (AvgIpc) is 2.58. The number of likely N-dealkylation sites (N-methyl/N-ethyl adjacent to an activating group) is 1. The second kappa shape index (κ2) is 11.5. The van der Waals surface area contributed by atoms with Crippen molar-refractivity contribution in [2.45, 2.75) is 19.3 Å². The van der Waals surface area contributed by atoms with Gasteiger partial charge in [-0.05, 0) is 18.4 Å². The zero-order valence-electron chi connectivity index (χ0n) is 14.6. The summed E-state index contributed by atoms with van der Waals surface area (Å²) in [6.07, 6.45) is 0.397. The molecule has 26 heavy (non-hydrogen) atoms. The molecular formula is C17H23N3O6. The van der Waals surface area contributed by atoms with Crippen LogP contribution in [0.3, 0.4) is 0 Å². The van der Waals surface area contributed by atoms with Crippen molar-refractivity contribution in [3.05, 3.63) is 35.9 Å². The number of rotatable bonds is 9. The molecule has 0 saturated carbocycles. The third-order valence-corrected chi connectivity index (χ3v) is 3.20. The monoisotopic (exact) mass is 365 g/mol. The molecule has 0 fully saturated rings. The Morgan fingerprint density at radius 1 is 1.12 bits per heavy atom. The van der Waals surface area contributed by atoms with Gasteiger partial charge in [-0.1, -0.05) is 30.3 Å². The highest BCUT2D eigenvalue weighted by Crippen LogP contribution is 2.01. The Morgan fingerprint density at radius 3 is 2.35 bits per heavy atom. The first kappa shape index (κ1) is 20.9. The highest BCUT2D eigenvalue weighted by atomic mass is 16.5. The quantitative estimate of drug-likeness (QED) is 0.260. The van der Waals surface area contributed by atoms with Crippen molar-refractivity contribution in [1.82, 2.24) is 10.2 Å². The number of benzene rings is 1. The van der Waals surface area contributed by atoms with E-state index in [1.807, 2.05) is 30.3 Å². The van der Waals surface area contributed by atoms with Gasteiger partial charge in [0, 0.05) is 7.05 Å². The summed E-state index contributed by atoms with van der Waals surface area (Å²) < 4.78 is 9.96.